The quantitative estimate of drug-likeness (QED) is 0.905. The number of carboxylic acid groups (broad SMARTS) is 1. The maximum absolute atomic E-state index is 11.6. The van der Waals surface area contributed by atoms with Crippen molar-refractivity contribution in [3.8, 4) is 0 Å². The molecule has 20 heavy (non-hydrogen) atoms. The van der Waals surface area contributed by atoms with Crippen molar-refractivity contribution < 1.29 is 14.7 Å². The van der Waals surface area contributed by atoms with E-state index in [4.69, 9.17) is 0 Å². The summed E-state index contributed by atoms with van der Waals surface area (Å²) < 4.78 is 0. The van der Waals surface area contributed by atoms with Gasteiger partial charge >= 0.3 is 5.97 Å². The largest absolute Gasteiger partial charge is 0.480 e. The van der Waals surface area contributed by atoms with E-state index in [1.165, 1.54) is 0 Å². The lowest BCUT2D eigenvalue weighted by molar-refractivity contribution is -0.143. The molecule has 1 aliphatic heterocycles. The van der Waals surface area contributed by atoms with Gasteiger partial charge in [-0.2, -0.15) is 0 Å². The normalized spacial score (nSPS) is 18.4. The Kier molecular flexibility index (Phi) is 4.74. The number of hydrogen-bond donors (Lipinski definition) is 1. The summed E-state index contributed by atoms with van der Waals surface area (Å²) in [5.74, 6) is -0.786. The number of amides is 1. The molecule has 5 nitrogen and oxygen atoms in total. The summed E-state index contributed by atoms with van der Waals surface area (Å²) >= 11 is 0. The highest BCUT2D eigenvalue weighted by molar-refractivity contribution is 5.75. The van der Waals surface area contributed by atoms with E-state index >= 15 is 0 Å². The molecule has 0 spiro atoms. The molecule has 1 unspecified atom stereocenters. The zero-order chi connectivity index (χ0) is 14.5. The van der Waals surface area contributed by atoms with Crippen molar-refractivity contribution in [1.29, 1.82) is 0 Å². The highest BCUT2D eigenvalue weighted by Gasteiger charge is 2.29. The van der Waals surface area contributed by atoms with E-state index in [-0.39, 0.29) is 5.91 Å². The Labute approximate surface area is 118 Å². The van der Waals surface area contributed by atoms with Crippen LogP contribution in [0, 0.1) is 0 Å². The minimum atomic E-state index is -0.840. The van der Waals surface area contributed by atoms with Crippen LogP contribution in [0.2, 0.25) is 0 Å². The highest BCUT2D eigenvalue weighted by Crippen LogP contribution is 2.22. The Morgan fingerprint density at radius 3 is 2.40 bits per heavy atom. The molecule has 1 fully saturated rings. The lowest BCUT2D eigenvalue weighted by Crippen LogP contribution is -2.38. The highest BCUT2D eigenvalue weighted by atomic mass is 16.4. The zero-order valence-corrected chi connectivity index (χ0v) is 11.7. The molecule has 1 N–H and O–H groups in total. The third kappa shape index (κ3) is 3.36. The lowest BCUT2D eigenvalue weighted by atomic mass is 10.1. The Bertz CT molecular complexity index is 475. The number of carboxylic acids is 1. The second kappa shape index (κ2) is 6.52. The van der Waals surface area contributed by atoms with Gasteiger partial charge in [-0.1, -0.05) is 30.3 Å². The van der Waals surface area contributed by atoms with Crippen LogP contribution in [-0.2, 0) is 9.59 Å². The predicted molar refractivity (Wildman–Crippen MR) is 75.3 cm³/mol. The van der Waals surface area contributed by atoms with Crippen molar-refractivity contribution in [2.75, 3.05) is 26.2 Å². The van der Waals surface area contributed by atoms with Gasteiger partial charge in [0.15, 0.2) is 0 Å². The molecular weight excluding hydrogens is 256 g/mol. The second-order valence-electron chi connectivity index (χ2n) is 5.05. The zero-order valence-electron chi connectivity index (χ0n) is 11.7. The number of hydrogen-bond acceptors (Lipinski definition) is 3. The first-order valence-electron chi connectivity index (χ1n) is 6.87. The van der Waals surface area contributed by atoms with Crippen molar-refractivity contribution >= 4 is 11.9 Å². The Morgan fingerprint density at radius 1 is 1.10 bits per heavy atom. The number of benzene rings is 1. The van der Waals surface area contributed by atoms with Crippen molar-refractivity contribution in [3.05, 3.63) is 35.9 Å². The van der Waals surface area contributed by atoms with Gasteiger partial charge < -0.3 is 10.0 Å². The molecule has 1 aromatic rings. The van der Waals surface area contributed by atoms with Gasteiger partial charge in [0.2, 0.25) is 5.91 Å². The maximum atomic E-state index is 11.6. The first kappa shape index (κ1) is 14.5. The molecule has 1 amide bonds. The average molecular weight is 276 g/mol. The summed E-state index contributed by atoms with van der Waals surface area (Å²) in [5, 5.41) is 9.52. The van der Waals surface area contributed by atoms with Crippen molar-refractivity contribution in [2.45, 2.75) is 19.4 Å². The number of carbonyl (C=O) groups excluding carboxylic acids is 1. The van der Waals surface area contributed by atoms with Crippen molar-refractivity contribution in [2.24, 2.45) is 0 Å². The smallest absolute Gasteiger partial charge is 0.325 e. The van der Waals surface area contributed by atoms with Gasteiger partial charge in [-0.15, -0.1) is 0 Å². The molecule has 2 rings (SSSR count). The SMILES string of the molecule is CC(=O)N1CCCN(C(C(=O)O)c2ccccc2)CC1. The summed E-state index contributed by atoms with van der Waals surface area (Å²) in [5.41, 5.74) is 0.788. The fraction of sp³-hybridized carbons (Fsp3) is 0.467. The fourth-order valence-electron chi connectivity index (χ4n) is 2.66. The second-order valence-corrected chi connectivity index (χ2v) is 5.05. The van der Waals surface area contributed by atoms with Gasteiger partial charge in [-0.05, 0) is 12.0 Å². The molecule has 1 heterocycles. The summed E-state index contributed by atoms with van der Waals surface area (Å²) in [6.45, 7) is 4.13. The molecule has 0 radical (unpaired) electrons. The van der Waals surface area contributed by atoms with Gasteiger partial charge in [0, 0.05) is 33.1 Å². The van der Waals surface area contributed by atoms with Gasteiger partial charge in [0.05, 0.1) is 0 Å². The number of nitrogens with zero attached hydrogens (tertiary/aromatic N) is 2. The summed E-state index contributed by atoms with van der Waals surface area (Å²) in [4.78, 5) is 26.8. The molecule has 0 aliphatic carbocycles. The molecular formula is C15H20N2O3. The van der Waals surface area contributed by atoms with Gasteiger partial charge in [-0.25, -0.2) is 0 Å². The van der Waals surface area contributed by atoms with E-state index in [1.54, 1.807) is 11.8 Å². The van der Waals surface area contributed by atoms with Crippen LogP contribution in [0.15, 0.2) is 30.3 Å². The third-order valence-corrected chi connectivity index (χ3v) is 3.69. The molecule has 1 aromatic carbocycles. The third-order valence-electron chi connectivity index (χ3n) is 3.69. The van der Waals surface area contributed by atoms with Crippen LogP contribution in [-0.4, -0.2) is 53.0 Å². The van der Waals surface area contributed by atoms with Crippen LogP contribution in [0.1, 0.15) is 24.9 Å². The maximum Gasteiger partial charge on any atom is 0.325 e. The number of carbonyl (C=O) groups is 2. The van der Waals surface area contributed by atoms with Crippen molar-refractivity contribution in [1.82, 2.24) is 9.80 Å². The van der Waals surface area contributed by atoms with E-state index in [0.29, 0.717) is 26.2 Å². The lowest BCUT2D eigenvalue weighted by Gasteiger charge is -2.27. The number of aliphatic carboxylic acids is 1. The van der Waals surface area contributed by atoms with E-state index in [1.807, 2.05) is 35.2 Å². The Morgan fingerprint density at radius 2 is 1.80 bits per heavy atom. The van der Waals surface area contributed by atoms with Gasteiger partial charge in [0.25, 0.3) is 0 Å². The van der Waals surface area contributed by atoms with Crippen LogP contribution in [0.4, 0.5) is 0 Å². The average Bonchev–Trinajstić information content (AvgIpc) is 2.66. The van der Waals surface area contributed by atoms with E-state index in [9.17, 15) is 14.7 Å². The van der Waals surface area contributed by atoms with Crippen LogP contribution in [0.25, 0.3) is 0 Å². The van der Waals surface area contributed by atoms with Crippen LogP contribution >= 0.6 is 0 Å². The van der Waals surface area contributed by atoms with Crippen LogP contribution < -0.4 is 0 Å². The predicted octanol–water partition coefficient (Wildman–Crippen LogP) is 1.37. The number of rotatable bonds is 3. The van der Waals surface area contributed by atoms with Crippen LogP contribution in [0.5, 0.6) is 0 Å². The van der Waals surface area contributed by atoms with Crippen molar-refractivity contribution in [3.63, 3.8) is 0 Å². The summed E-state index contributed by atoms with van der Waals surface area (Å²) in [6.07, 6.45) is 0.802. The molecule has 1 aliphatic rings. The minimum Gasteiger partial charge on any atom is -0.480 e. The molecule has 0 bridgehead atoms. The monoisotopic (exact) mass is 276 g/mol. The van der Waals surface area contributed by atoms with Gasteiger partial charge in [0.1, 0.15) is 6.04 Å². The van der Waals surface area contributed by atoms with Gasteiger partial charge in [-0.3, -0.25) is 14.5 Å². The topological polar surface area (TPSA) is 60.9 Å². The minimum absolute atomic E-state index is 0.0541. The molecule has 0 aromatic heterocycles. The van der Waals surface area contributed by atoms with E-state index in [0.717, 1.165) is 12.0 Å². The Hall–Kier alpha value is -1.88. The summed E-state index contributed by atoms with van der Waals surface area (Å²) in [7, 11) is 0. The van der Waals surface area contributed by atoms with E-state index in [2.05, 4.69) is 0 Å². The molecule has 1 saturated heterocycles. The molecule has 108 valence electrons. The summed E-state index contributed by atoms with van der Waals surface area (Å²) in [6, 6.07) is 8.62. The van der Waals surface area contributed by atoms with E-state index < -0.39 is 12.0 Å². The molecule has 0 saturated carbocycles. The molecule has 5 heteroatoms. The first-order chi connectivity index (χ1) is 9.59. The Balaban J connectivity index is 2.15. The molecule has 1 atom stereocenters. The van der Waals surface area contributed by atoms with Crippen LogP contribution in [0.3, 0.4) is 0 Å². The first-order valence-corrected chi connectivity index (χ1v) is 6.87. The standard InChI is InChI=1S/C15H20N2O3/c1-12(18)16-8-5-9-17(11-10-16)14(15(19)20)13-6-3-2-4-7-13/h2-4,6-7,14H,5,8-11H2,1H3,(H,19,20). The fourth-order valence-corrected chi connectivity index (χ4v) is 2.66.